The Labute approximate surface area is 107 Å². The van der Waals surface area contributed by atoms with E-state index in [2.05, 4.69) is 35.2 Å². The van der Waals surface area contributed by atoms with Gasteiger partial charge in [0, 0.05) is 18.8 Å². The minimum atomic E-state index is 1.09. The summed E-state index contributed by atoms with van der Waals surface area (Å²) in [4.78, 5) is 2.34. The van der Waals surface area contributed by atoms with Gasteiger partial charge in [0.05, 0.1) is 0 Å². The minimum absolute atomic E-state index is 1.09. The summed E-state index contributed by atoms with van der Waals surface area (Å²) in [5.41, 5.74) is 1.40. The molecular formula is C13H17NS2. The molecule has 3 heteroatoms. The highest BCUT2D eigenvalue weighted by molar-refractivity contribution is 8.22. The Morgan fingerprint density at radius 3 is 2.56 bits per heavy atom. The predicted octanol–water partition coefficient (Wildman–Crippen LogP) is 3.34. The molecule has 1 heterocycles. The maximum Gasteiger partial charge on any atom is 0.136 e. The minimum Gasteiger partial charge on any atom is -0.358 e. The molecule has 1 saturated heterocycles. The normalized spacial score (nSPS) is 15.4. The van der Waals surface area contributed by atoms with Crippen molar-refractivity contribution >= 4 is 28.3 Å². The molecule has 0 unspecified atom stereocenters. The first-order chi connectivity index (χ1) is 7.86. The maximum atomic E-state index is 5.42. The summed E-state index contributed by atoms with van der Waals surface area (Å²) < 4.78 is 1.09. The molecule has 1 aromatic rings. The number of aryl methyl sites for hydroxylation is 1. The second-order valence-electron chi connectivity index (χ2n) is 4.04. The first-order valence-electron chi connectivity index (χ1n) is 5.82. The summed E-state index contributed by atoms with van der Waals surface area (Å²) in [6, 6.07) is 10.6. The van der Waals surface area contributed by atoms with Crippen molar-refractivity contribution in [2.24, 2.45) is 0 Å². The average Bonchev–Trinajstić information content (AvgIpc) is 2.84. The number of likely N-dealkylation sites (tertiary alicyclic amines) is 1. The molecule has 1 nitrogen and oxygen atoms in total. The molecule has 86 valence electrons. The molecule has 0 N–H and O–H groups in total. The van der Waals surface area contributed by atoms with Crippen molar-refractivity contribution in [1.82, 2.24) is 4.90 Å². The van der Waals surface area contributed by atoms with Crippen molar-refractivity contribution in [1.29, 1.82) is 0 Å². The Balaban J connectivity index is 1.70. The van der Waals surface area contributed by atoms with Gasteiger partial charge in [-0.1, -0.05) is 54.3 Å². The third-order valence-electron chi connectivity index (χ3n) is 2.82. The lowest BCUT2D eigenvalue weighted by Crippen LogP contribution is -2.23. The molecule has 0 atom stereocenters. The summed E-state index contributed by atoms with van der Waals surface area (Å²) in [5.74, 6) is 1.10. The van der Waals surface area contributed by atoms with Crippen LogP contribution < -0.4 is 0 Å². The quantitative estimate of drug-likeness (QED) is 0.759. The molecule has 1 aromatic carbocycles. The smallest absolute Gasteiger partial charge is 0.136 e. The monoisotopic (exact) mass is 251 g/mol. The molecule has 0 aliphatic carbocycles. The number of benzene rings is 1. The number of hydrogen-bond acceptors (Lipinski definition) is 2. The van der Waals surface area contributed by atoms with Crippen LogP contribution in [0.15, 0.2) is 30.3 Å². The molecule has 0 radical (unpaired) electrons. The number of hydrogen-bond donors (Lipinski definition) is 0. The summed E-state index contributed by atoms with van der Waals surface area (Å²) in [6.45, 7) is 2.33. The highest BCUT2D eigenvalue weighted by Crippen LogP contribution is 2.17. The lowest BCUT2D eigenvalue weighted by atomic mass is 10.2. The third-order valence-corrected chi connectivity index (χ3v) is 4.35. The van der Waals surface area contributed by atoms with Crippen molar-refractivity contribution in [3.63, 3.8) is 0 Å². The second kappa shape index (κ2) is 6.26. The molecule has 16 heavy (non-hydrogen) atoms. The van der Waals surface area contributed by atoms with E-state index in [1.165, 1.54) is 18.4 Å². The molecule has 0 saturated carbocycles. The average molecular weight is 251 g/mol. The Kier molecular flexibility index (Phi) is 4.67. The van der Waals surface area contributed by atoms with Gasteiger partial charge >= 0.3 is 0 Å². The van der Waals surface area contributed by atoms with Crippen LogP contribution in [0.4, 0.5) is 0 Å². The molecule has 2 rings (SSSR count). The van der Waals surface area contributed by atoms with E-state index in [4.69, 9.17) is 12.2 Å². The third kappa shape index (κ3) is 3.49. The van der Waals surface area contributed by atoms with Gasteiger partial charge in [-0.3, -0.25) is 0 Å². The van der Waals surface area contributed by atoms with Crippen LogP contribution in [0.1, 0.15) is 18.4 Å². The van der Waals surface area contributed by atoms with Crippen LogP contribution in [-0.2, 0) is 6.42 Å². The number of thiocarbonyl (C=S) groups is 1. The molecule has 0 spiro atoms. The van der Waals surface area contributed by atoms with Gasteiger partial charge in [0.2, 0.25) is 0 Å². The largest absolute Gasteiger partial charge is 0.358 e. The van der Waals surface area contributed by atoms with Gasteiger partial charge in [0.25, 0.3) is 0 Å². The molecule has 1 fully saturated rings. The Morgan fingerprint density at radius 2 is 1.88 bits per heavy atom. The number of rotatable bonds is 3. The van der Waals surface area contributed by atoms with Crippen molar-refractivity contribution in [3.8, 4) is 0 Å². The van der Waals surface area contributed by atoms with Gasteiger partial charge in [0.1, 0.15) is 4.32 Å². The first kappa shape index (κ1) is 11.9. The van der Waals surface area contributed by atoms with Crippen LogP contribution in [-0.4, -0.2) is 28.1 Å². The van der Waals surface area contributed by atoms with E-state index >= 15 is 0 Å². The molecule has 1 aliphatic rings. The Morgan fingerprint density at radius 1 is 1.19 bits per heavy atom. The van der Waals surface area contributed by atoms with Gasteiger partial charge in [-0.25, -0.2) is 0 Å². The second-order valence-corrected chi connectivity index (χ2v) is 5.77. The summed E-state index contributed by atoms with van der Waals surface area (Å²) in [5, 5.41) is 0. The van der Waals surface area contributed by atoms with Crippen molar-refractivity contribution < 1.29 is 0 Å². The summed E-state index contributed by atoms with van der Waals surface area (Å²) in [7, 11) is 0. The molecule has 0 aromatic heterocycles. The fourth-order valence-corrected chi connectivity index (χ4v) is 3.20. The van der Waals surface area contributed by atoms with E-state index in [0.29, 0.717) is 0 Å². The summed E-state index contributed by atoms with van der Waals surface area (Å²) in [6.07, 6.45) is 3.72. The first-order valence-corrected chi connectivity index (χ1v) is 7.21. The van der Waals surface area contributed by atoms with Crippen molar-refractivity contribution in [3.05, 3.63) is 35.9 Å². The zero-order chi connectivity index (χ0) is 11.2. The van der Waals surface area contributed by atoms with E-state index in [1.807, 2.05) is 11.8 Å². The lowest BCUT2D eigenvalue weighted by molar-refractivity contribution is 0.539. The van der Waals surface area contributed by atoms with Crippen LogP contribution in [0.5, 0.6) is 0 Å². The lowest BCUT2D eigenvalue weighted by Gasteiger charge is -2.17. The van der Waals surface area contributed by atoms with Gasteiger partial charge in [-0.2, -0.15) is 0 Å². The molecule has 1 aliphatic heterocycles. The highest BCUT2D eigenvalue weighted by atomic mass is 32.2. The van der Waals surface area contributed by atoms with Gasteiger partial charge < -0.3 is 4.90 Å². The molecular weight excluding hydrogens is 234 g/mol. The fraction of sp³-hybridized carbons (Fsp3) is 0.462. The SMILES string of the molecule is S=C(SCCc1ccccc1)N1CCCC1. The van der Waals surface area contributed by atoms with Crippen LogP contribution in [0.2, 0.25) is 0 Å². The topological polar surface area (TPSA) is 3.24 Å². The van der Waals surface area contributed by atoms with E-state index < -0.39 is 0 Å². The van der Waals surface area contributed by atoms with Gasteiger partial charge in [-0.05, 0) is 24.8 Å². The standard InChI is InChI=1S/C13H17NS2/c15-13(14-9-4-5-10-14)16-11-8-12-6-2-1-3-7-12/h1-3,6-7H,4-5,8-11H2. The van der Waals surface area contributed by atoms with Crippen molar-refractivity contribution in [2.45, 2.75) is 19.3 Å². The van der Waals surface area contributed by atoms with E-state index in [-0.39, 0.29) is 0 Å². The van der Waals surface area contributed by atoms with Crippen LogP contribution >= 0.6 is 24.0 Å². The molecule has 0 amide bonds. The van der Waals surface area contributed by atoms with E-state index in [0.717, 1.165) is 29.6 Å². The fourth-order valence-electron chi connectivity index (χ4n) is 1.89. The van der Waals surface area contributed by atoms with Gasteiger partial charge in [0.15, 0.2) is 0 Å². The van der Waals surface area contributed by atoms with Crippen LogP contribution in [0.25, 0.3) is 0 Å². The number of nitrogens with zero attached hydrogens (tertiary/aromatic N) is 1. The van der Waals surface area contributed by atoms with E-state index in [9.17, 15) is 0 Å². The zero-order valence-electron chi connectivity index (χ0n) is 9.39. The predicted molar refractivity (Wildman–Crippen MR) is 76.0 cm³/mol. The Hall–Kier alpha value is -0.540. The molecule has 0 bridgehead atoms. The zero-order valence-corrected chi connectivity index (χ0v) is 11.0. The Bertz CT molecular complexity index is 331. The van der Waals surface area contributed by atoms with Crippen LogP contribution in [0, 0.1) is 0 Å². The number of thioether (sulfide) groups is 1. The highest BCUT2D eigenvalue weighted by Gasteiger charge is 2.14. The van der Waals surface area contributed by atoms with Gasteiger partial charge in [-0.15, -0.1) is 0 Å². The summed E-state index contributed by atoms with van der Waals surface area (Å²) >= 11 is 7.24. The van der Waals surface area contributed by atoms with Crippen molar-refractivity contribution in [2.75, 3.05) is 18.8 Å². The van der Waals surface area contributed by atoms with Crippen LogP contribution in [0.3, 0.4) is 0 Å². The maximum absolute atomic E-state index is 5.42. The van der Waals surface area contributed by atoms with E-state index in [1.54, 1.807) is 0 Å².